The first-order valence-corrected chi connectivity index (χ1v) is 4.08. The van der Waals surface area contributed by atoms with E-state index >= 15 is 0 Å². The standard InChI is InChI=1S/C8H15N3O/c1-3-4-11-8(12)5-7(6-9)10-2/h7,10H,3-5H2,1-2H3,(H,11,12). The van der Waals surface area contributed by atoms with E-state index in [1.807, 2.05) is 13.0 Å². The maximum absolute atomic E-state index is 11.0. The number of carbonyl (C=O) groups excluding carboxylic acids is 1. The molecule has 1 atom stereocenters. The molecule has 0 aliphatic heterocycles. The SMILES string of the molecule is CCCNC(=O)CC(C#N)NC. The lowest BCUT2D eigenvalue weighted by atomic mass is 10.2. The molecule has 1 amide bonds. The van der Waals surface area contributed by atoms with Gasteiger partial charge in [-0.05, 0) is 13.5 Å². The Morgan fingerprint density at radius 3 is 2.75 bits per heavy atom. The number of hydrogen-bond acceptors (Lipinski definition) is 3. The quantitative estimate of drug-likeness (QED) is 0.609. The van der Waals surface area contributed by atoms with Gasteiger partial charge < -0.3 is 10.6 Å². The zero-order valence-electron chi connectivity index (χ0n) is 7.55. The maximum atomic E-state index is 11.0. The first-order valence-electron chi connectivity index (χ1n) is 4.08. The Balaban J connectivity index is 3.61. The van der Waals surface area contributed by atoms with Gasteiger partial charge in [0.1, 0.15) is 6.04 Å². The van der Waals surface area contributed by atoms with E-state index in [1.165, 1.54) is 0 Å². The molecule has 0 aromatic rings. The molecule has 0 spiro atoms. The van der Waals surface area contributed by atoms with Crippen molar-refractivity contribution in [1.29, 1.82) is 5.26 Å². The second-order valence-corrected chi connectivity index (χ2v) is 2.52. The molecule has 0 rings (SSSR count). The molecule has 0 aromatic carbocycles. The van der Waals surface area contributed by atoms with Crippen LogP contribution in [-0.4, -0.2) is 25.5 Å². The van der Waals surface area contributed by atoms with Crippen LogP contribution in [0, 0.1) is 11.3 Å². The topological polar surface area (TPSA) is 64.9 Å². The Morgan fingerprint density at radius 1 is 1.67 bits per heavy atom. The van der Waals surface area contributed by atoms with Crippen LogP contribution in [0.15, 0.2) is 0 Å². The van der Waals surface area contributed by atoms with E-state index < -0.39 is 0 Å². The summed E-state index contributed by atoms with van der Waals surface area (Å²) >= 11 is 0. The predicted molar refractivity (Wildman–Crippen MR) is 46.4 cm³/mol. The lowest BCUT2D eigenvalue weighted by molar-refractivity contribution is -0.121. The van der Waals surface area contributed by atoms with Gasteiger partial charge in [0.25, 0.3) is 0 Å². The van der Waals surface area contributed by atoms with Gasteiger partial charge >= 0.3 is 0 Å². The minimum Gasteiger partial charge on any atom is -0.356 e. The van der Waals surface area contributed by atoms with Crippen LogP contribution in [0.4, 0.5) is 0 Å². The molecule has 0 bridgehead atoms. The van der Waals surface area contributed by atoms with E-state index in [0.29, 0.717) is 6.54 Å². The predicted octanol–water partition coefficient (Wildman–Crippen LogP) is 0.0143. The van der Waals surface area contributed by atoms with Crippen molar-refractivity contribution in [2.45, 2.75) is 25.8 Å². The van der Waals surface area contributed by atoms with Crippen molar-refractivity contribution in [2.24, 2.45) is 0 Å². The van der Waals surface area contributed by atoms with E-state index in [0.717, 1.165) is 6.42 Å². The van der Waals surface area contributed by atoms with Crippen molar-refractivity contribution < 1.29 is 4.79 Å². The molecule has 0 aliphatic carbocycles. The molecule has 0 saturated carbocycles. The van der Waals surface area contributed by atoms with E-state index in [2.05, 4.69) is 10.6 Å². The molecule has 0 radical (unpaired) electrons. The molecule has 4 heteroatoms. The third kappa shape index (κ3) is 4.69. The highest BCUT2D eigenvalue weighted by molar-refractivity contribution is 5.76. The molecule has 0 heterocycles. The molecule has 1 unspecified atom stereocenters. The maximum Gasteiger partial charge on any atom is 0.222 e. The van der Waals surface area contributed by atoms with Crippen LogP contribution in [0.3, 0.4) is 0 Å². The first-order chi connectivity index (χ1) is 5.74. The normalized spacial score (nSPS) is 11.8. The largest absolute Gasteiger partial charge is 0.356 e. The Bertz CT molecular complexity index is 174. The number of nitrogens with one attached hydrogen (secondary N) is 2. The summed E-state index contributed by atoms with van der Waals surface area (Å²) in [5.41, 5.74) is 0. The number of amides is 1. The van der Waals surface area contributed by atoms with Crippen molar-refractivity contribution in [3.8, 4) is 6.07 Å². The van der Waals surface area contributed by atoms with Crippen LogP contribution in [-0.2, 0) is 4.79 Å². The monoisotopic (exact) mass is 169 g/mol. The number of nitriles is 1. The third-order valence-electron chi connectivity index (χ3n) is 1.47. The van der Waals surface area contributed by atoms with Gasteiger partial charge in [0.15, 0.2) is 0 Å². The highest BCUT2D eigenvalue weighted by atomic mass is 16.1. The molecule has 12 heavy (non-hydrogen) atoms. The molecule has 0 fully saturated rings. The highest BCUT2D eigenvalue weighted by Crippen LogP contribution is 1.88. The first kappa shape index (κ1) is 10.9. The fourth-order valence-corrected chi connectivity index (χ4v) is 0.734. The van der Waals surface area contributed by atoms with Crippen molar-refractivity contribution >= 4 is 5.91 Å². The summed E-state index contributed by atoms with van der Waals surface area (Å²) in [5, 5.41) is 13.9. The van der Waals surface area contributed by atoms with Crippen molar-refractivity contribution in [3.63, 3.8) is 0 Å². The second kappa shape index (κ2) is 6.62. The Labute approximate surface area is 72.9 Å². The van der Waals surface area contributed by atoms with Crippen LogP contribution in [0.2, 0.25) is 0 Å². The summed E-state index contributed by atoms with van der Waals surface area (Å²) in [7, 11) is 1.67. The molecule has 0 aliphatic rings. The summed E-state index contributed by atoms with van der Waals surface area (Å²) in [6, 6.07) is 1.61. The number of hydrogen-bond donors (Lipinski definition) is 2. The molecular formula is C8H15N3O. The van der Waals surface area contributed by atoms with Gasteiger partial charge in [-0.1, -0.05) is 6.92 Å². The van der Waals surface area contributed by atoms with Gasteiger partial charge in [0.05, 0.1) is 12.5 Å². The highest BCUT2D eigenvalue weighted by Gasteiger charge is 2.09. The van der Waals surface area contributed by atoms with Gasteiger partial charge in [0.2, 0.25) is 5.91 Å². The van der Waals surface area contributed by atoms with Crippen molar-refractivity contribution in [2.75, 3.05) is 13.6 Å². The molecular weight excluding hydrogens is 154 g/mol. The second-order valence-electron chi connectivity index (χ2n) is 2.52. The van der Waals surface area contributed by atoms with E-state index in [4.69, 9.17) is 5.26 Å². The molecule has 2 N–H and O–H groups in total. The minimum atomic E-state index is -0.373. The average molecular weight is 169 g/mol. The van der Waals surface area contributed by atoms with Crippen LogP contribution in [0.25, 0.3) is 0 Å². The lowest BCUT2D eigenvalue weighted by Crippen LogP contribution is -2.33. The third-order valence-corrected chi connectivity index (χ3v) is 1.47. The Morgan fingerprint density at radius 2 is 2.33 bits per heavy atom. The lowest BCUT2D eigenvalue weighted by Gasteiger charge is -2.06. The number of rotatable bonds is 5. The fourth-order valence-electron chi connectivity index (χ4n) is 0.734. The molecule has 68 valence electrons. The van der Waals surface area contributed by atoms with Crippen LogP contribution in [0.1, 0.15) is 19.8 Å². The summed E-state index contributed by atoms with van der Waals surface area (Å²) in [6.45, 7) is 2.67. The van der Waals surface area contributed by atoms with Crippen LogP contribution >= 0.6 is 0 Å². The zero-order chi connectivity index (χ0) is 9.40. The summed E-state index contributed by atoms with van der Waals surface area (Å²) in [5.74, 6) is -0.0715. The number of carbonyl (C=O) groups is 1. The van der Waals surface area contributed by atoms with Gasteiger partial charge in [-0.3, -0.25) is 4.79 Å². The summed E-state index contributed by atoms with van der Waals surface area (Å²) in [4.78, 5) is 11.0. The molecule has 4 nitrogen and oxygen atoms in total. The minimum absolute atomic E-state index is 0.0715. The van der Waals surface area contributed by atoms with Crippen LogP contribution < -0.4 is 10.6 Å². The summed E-state index contributed by atoms with van der Waals surface area (Å²) in [6.07, 6.45) is 1.15. The number of nitrogens with zero attached hydrogens (tertiary/aromatic N) is 1. The van der Waals surface area contributed by atoms with Crippen LogP contribution in [0.5, 0.6) is 0 Å². The average Bonchev–Trinajstić information content (AvgIpc) is 2.10. The van der Waals surface area contributed by atoms with Gasteiger partial charge in [-0.15, -0.1) is 0 Å². The van der Waals surface area contributed by atoms with E-state index in [1.54, 1.807) is 7.05 Å². The Hall–Kier alpha value is -1.08. The Kier molecular flexibility index (Phi) is 6.02. The van der Waals surface area contributed by atoms with E-state index in [9.17, 15) is 4.79 Å². The fraction of sp³-hybridized carbons (Fsp3) is 0.750. The van der Waals surface area contributed by atoms with Crippen molar-refractivity contribution in [3.05, 3.63) is 0 Å². The van der Waals surface area contributed by atoms with Gasteiger partial charge in [-0.25, -0.2) is 0 Å². The smallest absolute Gasteiger partial charge is 0.222 e. The zero-order valence-corrected chi connectivity index (χ0v) is 7.55. The summed E-state index contributed by atoms with van der Waals surface area (Å²) < 4.78 is 0. The van der Waals surface area contributed by atoms with Gasteiger partial charge in [-0.2, -0.15) is 5.26 Å². The molecule has 0 aromatic heterocycles. The van der Waals surface area contributed by atoms with Gasteiger partial charge in [0, 0.05) is 6.54 Å². The van der Waals surface area contributed by atoms with Crippen molar-refractivity contribution in [1.82, 2.24) is 10.6 Å². The van der Waals surface area contributed by atoms with E-state index in [-0.39, 0.29) is 18.4 Å². The molecule has 0 saturated heterocycles.